The molecule has 2 atom stereocenters. The fraction of sp³-hybridized carbons (Fsp3) is 0.750. The van der Waals surface area contributed by atoms with Crippen molar-refractivity contribution >= 4 is 17.7 Å². The molecule has 102 valence electrons. The van der Waals surface area contributed by atoms with Crippen LogP contribution in [-0.2, 0) is 14.4 Å². The van der Waals surface area contributed by atoms with E-state index in [1.807, 2.05) is 13.8 Å². The Morgan fingerprint density at radius 2 is 2.00 bits per heavy atom. The van der Waals surface area contributed by atoms with Crippen LogP contribution in [0, 0.1) is 0 Å². The summed E-state index contributed by atoms with van der Waals surface area (Å²) in [4.78, 5) is 36.3. The van der Waals surface area contributed by atoms with Gasteiger partial charge < -0.3 is 5.73 Å². The van der Waals surface area contributed by atoms with Gasteiger partial charge in [0.2, 0.25) is 17.7 Å². The highest BCUT2D eigenvalue weighted by atomic mass is 16.2. The number of likely N-dealkylation sites (tertiary alicyclic amines) is 1. The van der Waals surface area contributed by atoms with Crippen molar-refractivity contribution in [3.8, 4) is 0 Å². The van der Waals surface area contributed by atoms with Gasteiger partial charge in [-0.2, -0.15) is 0 Å². The average molecular weight is 255 g/mol. The Labute approximate surface area is 107 Å². The van der Waals surface area contributed by atoms with Crippen LogP contribution in [0.3, 0.4) is 0 Å². The van der Waals surface area contributed by atoms with Crippen LogP contribution in [-0.4, -0.2) is 40.7 Å². The second-order valence-electron chi connectivity index (χ2n) is 4.62. The van der Waals surface area contributed by atoms with E-state index in [1.54, 1.807) is 6.92 Å². The molecule has 0 bridgehead atoms. The fourth-order valence-electron chi connectivity index (χ4n) is 2.20. The molecule has 0 spiro atoms. The lowest BCUT2D eigenvalue weighted by Crippen LogP contribution is -2.49. The van der Waals surface area contributed by atoms with Gasteiger partial charge in [0, 0.05) is 6.04 Å². The smallest absolute Gasteiger partial charge is 0.247 e. The molecule has 3 N–H and O–H groups in total. The molecule has 0 radical (unpaired) electrons. The van der Waals surface area contributed by atoms with Crippen molar-refractivity contribution < 1.29 is 14.4 Å². The molecule has 18 heavy (non-hydrogen) atoms. The number of nitrogens with zero attached hydrogens (tertiary/aromatic N) is 1. The maximum atomic E-state index is 12.1. The number of hydrogen-bond acceptors (Lipinski definition) is 4. The molecule has 1 aliphatic heterocycles. The highest BCUT2D eigenvalue weighted by Gasteiger charge is 2.41. The summed E-state index contributed by atoms with van der Waals surface area (Å²) >= 11 is 0. The largest absolute Gasteiger partial charge is 0.368 e. The van der Waals surface area contributed by atoms with E-state index in [-0.39, 0.29) is 24.3 Å². The van der Waals surface area contributed by atoms with Gasteiger partial charge in [0.25, 0.3) is 0 Å². The Kier molecular flexibility index (Phi) is 4.84. The normalized spacial score (nSPS) is 21.8. The van der Waals surface area contributed by atoms with Gasteiger partial charge in [-0.15, -0.1) is 0 Å². The summed E-state index contributed by atoms with van der Waals surface area (Å²) in [7, 11) is 0. The van der Waals surface area contributed by atoms with Crippen molar-refractivity contribution in [1.29, 1.82) is 0 Å². The van der Waals surface area contributed by atoms with Gasteiger partial charge in [-0.25, -0.2) is 0 Å². The summed E-state index contributed by atoms with van der Waals surface area (Å²) in [6.45, 7) is 5.48. The summed E-state index contributed by atoms with van der Waals surface area (Å²) in [6.07, 6.45) is 1.59. The second kappa shape index (κ2) is 5.95. The van der Waals surface area contributed by atoms with E-state index in [4.69, 9.17) is 5.73 Å². The molecule has 6 heteroatoms. The van der Waals surface area contributed by atoms with E-state index < -0.39 is 18.0 Å². The SMILES string of the molecule is CCC(CC)N1C(=O)CC(NC(C)C(N)=O)C1=O. The topological polar surface area (TPSA) is 92.5 Å². The number of rotatable bonds is 6. The third-order valence-electron chi connectivity index (χ3n) is 3.37. The van der Waals surface area contributed by atoms with Gasteiger partial charge in [0.1, 0.15) is 0 Å². The summed E-state index contributed by atoms with van der Waals surface area (Å²) in [5, 5.41) is 2.80. The first-order chi connectivity index (χ1) is 8.42. The zero-order valence-corrected chi connectivity index (χ0v) is 11.1. The first-order valence-electron chi connectivity index (χ1n) is 6.33. The zero-order chi connectivity index (χ0) is 13.9. The van der Waals surface area contributed by atoms with E-state index in [2.05, 4.69) is 5.32 Å². The minimum Gasteiger partial charge on any atom is -0.368 e. The summed E-state index contributed by atoms with van der Waals surface area (Å²) < 4.78 is 0. The monoisotopic (exact) mass is 255 g/mol. The minimum atomic E-state index is -0.624. The van der Waals surface area contributed by atoms with Gasteiger partial charge in [-0.05, 0) is 19.8 Å². The van der Waals surface area contributed by atoms with Crippen LogP contribution in [0.2, 0.25) is 0 Å². The van der Waals surface area contributed by atoms with Crippen LogP contribution in [0.25, 0.3) is 0 Å². The van der Waals surface area contributed by atoms with Gasteiger partial charge in [0.15, 0.2) is 0 Å². The molecule has 1 saturated heterocycles. The molecule has 1 rings (SSSR count). The Balaban J connectivity index is 2.75. The number of primary amides is 1. The molecule has 1 fully saturated rings. The van der Waals surface area contributed by atoms with Crippen LogP contribution in [0.5, 0.6) is 0 Å². The number of hydrogen-bond donors (Lipinski definition) is 2. The van der Waals surface area contributed by atoms with Crippen LogP contribution >= 0.6 is 0 Å². The van der Waals surface area contributed by atoms with Crippen molar-refractivity contribution in [1.82, 2.24) is 10.2 Å². The van der Waals surface area contributed by atoms with Crippen LogP contribution in [0.1, 0.15) is 40.0 Å². The number of carbonyl (C=O) groups is 3. The third kappa shape index (κ3) is 2.87. The Bertz CT molecular complexity index is 352. The van der Waals surface area contributed by atoms with Crippen molar-refractivity contribution in [3.63, 3.8) is 0 Å². The minimum absolute atomic E-state index is 0.0549. The van der Waals surface area contributed by atoms with Gasteiger partial charge in [-0.3, -0.25) is 24.6 Å². The molecular weight excluding hydrogens is 234 g/mol. The zero-order valence-electron chi connectivity index (χ0n) is 11.1. The van der Waals surface area contributed by atoms with E-state index in [0.717, 1.165) is 12.8 Å². The lowest BCUT2D eigenvalue weighted by Gasteiger charge is -2.24. The average Bonchev–Trinajstić information content (AvgIpc) is 2.58. The summed E-state index contributed by atoms with van der Waals surface area (Å²) in [6, 6.07) is -1.30. The predicted molar refractivity (Wildman–Crippen MR) is 66.4 cm³/mol. The molecule has 0 aromatic rings. The highest BCUT2D eigenvalue weighted by Crippen LogP contribution is 2.20. The van der Waals surface area contributed by atoms with Crippen LogP contribution in [0.15, 0.2) is 0 Å². The number of amides is 3. The van der Waals surface area contributed by atoms with Crippen molar-refractivity contribution in [2.75, 3.05) is 0 Å². The molecule has 0 aromatic carbocycles. The number of imide groups is 1. The number of carbonyl (C=O) groups excluding carboxylic acids is 3. The molecule has 1 aliphatic rings. The Morgan fingerprint density at radius 1 is 1.44 bits per heavy atom. The maximum Gasteiger partial charge on any atom is 0.247 e. The first kappa shape index (κ1) is 14.6. The second-order valence-corrected chi connectivity index (χ2v) is 4.62. The van der Waals surface area contributed by atoms with E-state index >= 15 is 0 Å². The van der Waals surface area contributed by atoms with E-state index in [0.29, 0.717) is 0 Å². The van der Waals surface area contributed by atoms with Crippen LogP contribution in [0.4, 0.5) is 0 Å². The van der Waals surface area contributed by atoms with Crippen molar-refractivity contribution in [2.45, 2.75) is 58.2 Å². The molecule has 3 amide bonds. The molecule has 0 aromatic heterocycles. The molecular formula is C12H21N3O3. The molecule has 0 aliphatic carbocycles. The predicted octanol–water partition coefficient (Wildman–Crippen LogP) is -0.234. The molecule has 0 saturated carbocycles. The standard InChI is InChI=1S/C12H21N3O3/c1-4-8(5-2)15-10(16)6-9(12(15)18)14-7(3)11(13)17/h7-9,14H,4-6H2,1-3H3,(H2,13,17). The Hall–Kier alpha value is -1.43. The Morgan fingerprint density at radius 3 is 2.44 bits per heavy atom. The van der Waals surface area contributed by atoms with Crippen molar-refractivity contribution in [2.24, 2.45) is 5.73 Å². The quantitative estimate of drug-likeness (QED) is 0.641. The van der Waals surface area contributed by atoms with Crippen LogP contribution < -0.4 is 11.1 Å². The molecule has 1 heterocycles. The van der Waals surface area contributed by atoms with E-state index in [1.165, 1.54) is 4.90 Å². The van der Waals surface area contributed by atoms with Gasteiger partial charge in [-0.1, -0.05) is 13.8 Å². The third-order valence-corrected chi connectivity index (χ3v) is 3.37. The fourth-order valence-corrected chi connectivity index (χ4v) is 2.20. The molecule has 2 unspecified atom stereocenters. The lowest BCUT2D eigenvalue weighted by atomic mass is 10.1. The van der Waals surface area contributed by atoms with Gasteiger partial charge in [0.05, 0.1) is 18.5 Å². The summed E-state index contributed by atoms with van der Waals surface area (Å²) in [5.74, 6) is -0.957. The number of nitrogens with one attached hydrogen (secondary N) is 1. The van der Waals surface area contributed by atoms with Crippen molar-refractivity contribution in [3.05, 3.63) is 0 Å². The summed E-state index contributed by atoms with van der Waals surface area (Å²) in [5.41, 5.74) is 5.13. The van der Waals surface area contributed by atoms with E-state index in [9.17, 15) is 14.4 Å². The number of nitrogens with two attached hydrogens (primary N) is 1. The maximum absolute atomic E-state index is 12.1. The highest BCUT2D eigenvalue weighted by molar-refractivity contribution is 6.06. The van der Waals surface area contributed by atoms with Gasteiger partial charge >= 0.3 is 0 Å². The first-order valence-corrected chi connectivity index (χ1v) is 6.33. The lowest BCUT2D eigenvalue weighted by molar-refractivity contribution is -0.141. The molecule has 6 nitrogen and oxygen atoms in total.